The predicted molar refractivity (Wildman–Crippen MR) is 54.6 cm³/mol. The Bertz CT molecular complexity index is 353. The molecule has 0 radical (unpaired) electrons. The van der Waals surface area contributed by atoms with Crippen LogP contribution >= 0.6 is 0 Å². The van der Waals surface area contributed by atoms with Crippen molar-refractivity contribution >= 4 is 5.78 Å². The van der Waals surface area contributed by atoms with Gasteiger partial charge in [0.2, 0.25) is 0 Å². The molecule has 72 valence electrons. The van der Waals surface area contributed by atoms with E-state index in [4.69, 9.17) is 9.16 Å². The van der Waals surface area contributed by atoms with E-state index in [1.807, 2.05) is 31.2 Å². The summed E-state index contributed by atoms with van der Waals surface area (Å²) in [6, 6.07) is 0. The Morgan fingerprint density at radius 3 is 2.64 bits per heavy atom. The molecule has 0 saturated heterocycles. The van der Waals surface area contributed by atoms with Crippen molar-refractivity contribution in [2.45, 2.75) is 6.92 Å². The minimum atomic E-state index is 0.595. The third kappa shape index (κ3) is 3.32. The Kier molecular flexibility index (Phi) is 4.30. The highest BCUT2D eigenvalue weighted by Crippen LogP contribution is 2.03. The zero-order valence-electron chi connectivity index (χ0n) is 8.33. The third-order valence-corrected chi connectivity index (χ3v) is 1.56. The second-order valence-corrected chi connectivity index (χ2v) is 2.51. The molecule has 0 fully saturated rings. The number of carbonyl (C=O) groups excluding carboxylic acids is 1. The number of ether oxygens (including phenoxy) is 1. The van der Waals surface area contributed by atoms with Gasteiger partial charge in [-0.1, -0.05) is 17.7 Å². The van der Waals surface area contributed by atoms with E-state index >= 15 is 0 Å². The molecule has 0 aliphatic heterocycles. The fourth-order valence-electron chi connectivity index (χ4n) is 0.880. The van der Waals surface area contributed by atoms with Crippen LogP contribution < -0.4 is 0 Å². The topological polar surface area (TPSA) is 20.5 Å². The second kappa shape index (κ2) is 5.82. The van der Waals surface area contributed by atoms with Crippen molar-refractivity contribution in [3.05, 3.63) is 47.6 Å². The standard InChI is InChI=1S/C12H12O2/c1-3-14-10-4-5-11-6-8-12(13-2)9-7-11/h6-9H,3H2,1-2H3. The van der Waals surface area contributed by atoms with Crippen LogP contribution in [0, 0.1) is 6.26 Å². The molecule has 0 bridgehead atoms. The van der Waals surface area contributed by atoms with Crippen LogP contribution in [0.15, 0.2) is 41.3 Å². The highest BCUT2D eigenvalue weighted by atomic mass is 16.5. The summed E-state index contributed by atoms with van der Waals surface area (Å²) in [5.41, 5.74) is 6.48. The fraction of sp³-hybridized carbons (Fsp3) is 0.250. The van der Waals surface area contributed by atoms with E-state index < -0.39 is 0 Å². The van der Waals surface area contributed by atoms with Gasteiger partial charge >= 0.3 is 5.78 Å². The Balaban J connectivity index is 2.75. The molecule has 0 aromatic heterocycles. The number of ketones is 1. The fourth-order valence-corrected chi connectivity index (χ4v) is 0.880. The van der Waals surface area contributed by atoms with Gasteiger partial charge in [0.15, 0.2) is 0 Å². The van der Waals surface area contributed by atoms with E-state index in [9.17, 15) is 0 Å². The average Bonchev–Trinajstić information content (AvgIpc) is 2.25. The molecule has 0 amide bonds. The van der Waals surface area contributed by atoms with Gasteiger partial charge in [-0.3, -0.25) is 15.9 Å². The maximum atomic E-state index is 5.02. The zero-order valence-corrected chi connectivity index (χ0v) is 8.33. The highest BCUT2D eigenvalue weighted by molar-refractivity contribution is 6.01. The average molecular weight is 188 g/mol. The van der Waals surface area contributed by atoms with Crippen LogP contribution in [0.2, 0.25) is 0 Å². The van der Waals surface area contributed by atoms with Crippen LogP contribution in [0.4, 0.5) is 0 Å². The molecular formula is C12H12O2. The zero-order chi connectivity index (χ0) is 10.2. The Morgan fingerprint density at radius 1 is 1.36 bits per heavy atom. The number of hydrogen-bond donors (Lipinski definition) is 0. The summed E-state index contributed by atoms with van der Waals surface area (Å²) in [6.45, 7) is 2.49. The summed E-state index contributed by atoms with van der Waals surface area (Å²) in [7, 11) is 1.64. The minimum absolute atomic E-state index is 0.595. The van der Waals surface area contributed by atoms with Gasteiger partial charge < -0.3 is 4.74 Å². The summed E-state index contributed by atoms with van der Waals surface area (Å²) in [4.78, 5) is 0. The minimum Gasteiger partial charge on any atom is -0.585 e. The Morgan fingerprint density at radius 2 is 2.07 bits per heavy atom. The Labute approximate surface area is 83.9 Å². The number of allylic oxidation sites excluding steroid dienone is 5. The lowest BCUT2D eigenvalue weighted by Gasteiger charge is -1.97. The van der Waals surface area contributed by atoms with Gasteiger partial charge in [0.05, 0.1) is 6.61 Å². The van der Waals surface area contributed by atoms with Gasteiger partial charge in [0.25, 0.3) is 7.11 Å². The van der Waals surface area contributed by atoms with Crippen molar-refractivity contribution < 1.29 is 9.16 Å². The van der Waals surface area contributed by atoms with Crippen LogP contribution in [0.1, 0.15) is 6.92 Å². The van der Waals surface area contributed by atoms with E-state index in [2.05, 4.69) is 17.7 Å². The first kappa shape index (κ1) is 10.3. The van der Waals surface area contributed by atoms with Crippen LogP contribution in [0.25, 0.3) is 0 Å². The summed E-state index contributed by atoms with van der Waals surface area (Å²) in [5.74, 6) is 0.827. The lowest BCUT2D eigenvalue weighted by Crippen LogP contribution is -1.94. The summed E-state index contributed by atoms with van der Waals surface area (Å²) in [5, 5.41) is 0. The van der Waals surface area contributed by atoms with Gasteiger partial charge in [-0.15, -0.1) is 0 Å². The van der Waals surface area contributed by atoms with Crippen LogP contribution in [-0.4, -0.2) is 19.5 Å². The van der Waals surface area contributed by atoms with Gasteiger partial charge in [-0.2, -0.15) is 0 Å². The van der Waals surface area contributed by atoms with Crippen molar-refractivity contribution in [2.75, 3.05) is 13.7 Å². The first-order valence-electron chi connectivity index (χ1n) is 4.38. The van der Waals surface area contributed by atoms with Crippen LogP contribution in [0.5, 0.6) is 0 Å². The predicted octanol–water partition coefficient (Wildman–Crippen LogP) is 1.88. The SMILES string of the molecule is CCO[C-]=C=C=C1C=CC(=[O+]C)C=C1. The van der Waals surface area contributed by atoms with Crippen LogP contribution in [0.3, 0.4) is 0 Å². The maximum absolute atomic E-state index is 5.02. The first-order valence-corrected chi connectivity index (χ1v) is 4.38. The summed E-state index contributed by atoms with van der Waals surface area (Å²) < 4.78 is 9.88. The molecule has 1 aliphatic rings. The molecule has 0 spiro atoms. The van der Waals surface area contributed by atoms with Crippen molar-refractivity contribution in [3.63, 3.8) is 0 Å². The molecule has 14 heavy (non-hydrogen) atoms. The van der Waals surface area contributed by atoms with Crippen molar-refractivity contribution in [3.8, 4) is 0 Å². The molecule has 0 aromatic carbocycles. The highest BCUT2D eigenvalue weighted by Gasteiger charge is 2.01. The lowest BCUT2D eigenvalue weighted by molar-refractivity contribution is -0.417. The smallest absolute Gasteiger partial charge is 0.343 e. The van der Waals surface area contributed by atoms with Crippen molar-refractivity contribution in [1.29, 1.82) is 0 Å². The molecular weight excluding hydrogens is 176 g/mol. The monoisotopic (exact) mass is 188 g/mol. The maximum Gasteiger partial charge on any atom is 0.343 e. The molecule has 0 heterocycles. The van der Waals surface area contributed by atoms with Crippen molar-refractivity contribution in [2.24, 2.45) is 0 Å². The normalized spacial score (nSPS) is 13.3. The molecule has 0 atom stereocenters. The van der Waals surface area contributed by atoms with E-state index in [1.54, 1.807) is 7.11 Å². The van der Waals surface area contributed by atoms with Gasteiger partial charge in [-0.25, -0.2) is 0 Å². The van der Waals surface area contributed by atoms with E-state index in [0.717, 1.165) is 11.4 Å². The second-order valence-electron chi connectivity index (χ2n) is 2.51. The van der Waals surface area contributed by atoms with Gasteiger partial charge in [-0.05, 0) is 13.2 Å². The van der Waals surface area contributed by atoms with Gasteiger partial charge in [0, 0.05) is 12.2 Å². The Hall–Kier alpha value is -1.75. The quantitative estimate of drug-likeness (QED) is 0.280. The third-order valence-electron chi connectivity index (χ3n) is 1.56. The van der Waals surface area contributed by atoms with E-state index in [0.29, 0.717) is 6.61 Å². The van der Waals surface area contributed by atoms with E-state index in [-0.39, 0.29) is 0 Å². The molecule has 1 rings (SSSR count). The molecule has 0 saturated carbocycles. The van der Waals surface area contributed by atoms with E-state index in [1.165, 1.54) is 0 Å². The largest absolute Gasteiger partial charge is 0.585 e. The molecule has 2 nitrogen and oxygen atoms in total. The number of rotatable bonds is 2. The van der Waals surface area contributed by atoms with Gasteiger partial charge in [0.1, 0.15) is 0 Å². The molecule has 2 heteroatoms. The van der Waals surface area contributed by atoms with Crippen molar-refractivity contribution in [1.82, 2.24) is 0 Å². The molecule has 0 N–H and O–H groups in total. The molecule has 0 aromatic rings. The summed E-state index contributed by atoms with van der Waals surface area (Å²) in [6.07, 6.45) is 10.0. The first-order chi connectivity index (χ1) is 6.86. The molecule has 0 unspecified atom stereocenters. The van der Waals surface area contributed by atoms with Crippen LogP contribution in [-0.2, 0) is 9.16 Å². The summed E-state index contributed by atoms with van der Waals surface area (Å²) >= 11 is 0. The number of hydrogen-bond acceptors (Lipinski definition) is 1. The lowest BCUT2D eigenvalue weighted by atomic mass is 10.1. The molecule has 1 aliphatic carbocycles.